The zero-order valence-corrected chi connectivity index (χ0v) is 24.9. The Morgan fingerprint density at radius 1 is 1.07 bits per heavy atom. The van der Waals surface area contributed by atoms with Gasteiger partial charge in [0, 0.05) is 32.6 Å². The SMILES string of the molecule is COc1ccc(CNc2ncc(NC(C)=O)c3c2c(C#Cc2c(F)c(OC)cc(OC)c2F)nn3C2CCN(C(=O)O)C2)cc1. The molecule has 3 heterocycles. The lowest BCUT2D eigenvalue weighted by molar-refractivity contribution is -0.114. The molecule has 0 aliphatic carbocycles. The summed E-state index contributed by atoms with van der Waals surface area (Å²) in [6, 6.07) is 8.04. The first kappa shape index (κ1) is 30.9. The van der Waals surface area contributed by atoms with E-state index in [9.17, 15) is 14.7 Å². The number of carboxylic acid groups (broad SMARTS) is 1. The van der Waals surface area contributed by atoms with Crippen molar-refractivity contribution in [1.82, 2.24) is 19.7 Å². The number of carbonyl (C=O) groups excluding carboxylic acids is 1. The molecule has 12 nitrogen and oxygen atoms in total. The number of benzene rings is 2. The smallest absolute Gasteiger partial charge is 0.407 e. The molecule has 14 heteroatoms. The van der Waals surface area contributed by atoms with Gasteiger partial charge in [0.2, 0.25) is 5.91 Å². The quantitative estimate of drug-likeness (QED) is 0.241. The van der Waals surface area contributed by atoms with Gasteiger partial charge in [0.1, 0.15) is 22.8 Å². The maximum atomic E-state index is 15.2. The van der Waals surface area contributed by atoms with Crippen molar-refractivity contribution in [2.45, 2.75) is 25.9 Å². The number of halogens is 2. The summed E-state index contributed by atoms with van der Waals surface area (Å²) < 4.78 is 47.3. The predicted octanol–water partition coefficient (Wildman–Crippen LogP) is 4.63. The van der Waals surface area contributed by atoms with Crippen molar-refractivity contribution in [3.8, 4) is 29.1 Å². The van der Waals surface area contributed by atoms with Crippen molar-refractivity contribution in [3.63, 3.8) is 0 Å². The van der Waals surface area contributed by atoms with Crippen molar-refractivity contribution in [1.29, 1.82) is 0 Å². The number of anilines is 2. The summed E-state index contributed by atoms with van der Waals surface area (Å²) in [6.07, 6.45) is 0.825. The number of ether oxygens (including phenoxy) is 3. The fraction of sp³-hybridized carbons (Fsp3) is 0.290. The van der Waals surface area contributed by atoms with E-state index in [4.69, 9.17) is 19.3 Å². The van der Waals surface area contributed by atoms with Gasteiger partial charge in [-0.2, -0.15) is 5.10 Å². The molecule has 1 aliphatic rings. The molecule has 2 aromatic heterocycles. The second-order valence-corrected chi connectivity index (χ2v) is 10.1. The Labute approximate surface area is 256 Å². The van der Waals surface area contributed by atoms with Crippen molar-refractivity contribution in [2.24, 2.45) is 0 Å². The number of carbonyl (C=O) groups is 2. The molecule has 45 heavy (non-hydrogen) atoms. The molecule has 1 unspecified atom stereocenters. The standard InChI is InChI=1S/C31H30F2N6O6/c1-17(40)36-23-15-35-30(34-14-18-5-7-20(43-2)8-6-18)26-22(37-39(29(23)26)19-11-12-38(16-19)31(41)42)10-9-21-27(32)24(44-3)13-25(45-4)28(21)33/h5-8,13,15,19H,11-12,14,16H2,1-4H3,(H,34,35)(H,36,40)(H,41,42). The van der Waals surface area contributed by atoms with E-state index in [1.807, 2.05) is 24.3 Å². The number of fused-ring (bicyclic) bond motifs is 1. The average Bonchev–Trinajstić information content (AvgIpc) is 3.67. The van der Waals surface area contributed by atoms with Gasteiger partial charge in [-0.3, -0.25) is 9.48 Å². The minimum atomic E-state index is -1.07. The summed E-state index contributed by atoms with van der Waals surface area (Å²) in [4.78, 5) is 29.7. The highest BCUT2D eigenvalue weighted by Crippen LogP contribution is 2.36. The van der Waals surface area contributed by atoms with E-state index in [0.717, 1.165) is 11.6 Å². The third-order valence-corrected chi connectivity index (χ3v) is 7.31. The van der Waals surface area contributed by atoms with Crippen LogP contribution in [0.2, 0.25) is 0 Å². The normalized spacial score (nSPS) is 14.1. The first-order chi connectivity index (χ1) is 21.6. The van der Waals surface area contributed by atoms with Gasteiger partial charge in [0.25, 0.3) is 0 Å². The fourth-order valence-electron chi connectivity index (χ4n) is 5.10. The summed E-state index contributed by atoms with van der Waals surface area (Å²) >= 11 is 0. The molecule has 1 atom stereocenters. The van der Waals surface area contributed by atoms with Crippen LogP contribution in [0, 0.1) is 23.5 Å². The predicted molar refractivity (Wildman–Crippen MR) is 161 cm³/mol. The molecular formula is C31H30F2N6O6. The lowest BCUT2D eigenvalue weighted by Crippen LogP contribution is -2.27. The highest BCUT2D eigenvalue weighted by atomic mass is 19.1. The highest BCUT2D eigenvalue weighted by Gasteiger charge is 2.31. The Morgan fingerprint density at radius 3 is 2.33 bits per heavy atom. The highest BCUT2D eigenvalue weighted by molar-refractivity contribution is 6.05. The Balaban J connectivity index is 1.70. The zero-order chi connectivity index (χ0) is 32.2. The molecular weight excluding hydrogens is 590 g/mol. The number of amides is 2. The molecule has 4 aromatic rings. The summed E-state index contributed by atoms with van der Waals surface area (Å²) in [5, 5.41) is 20.7. The van der Waals surface area contributed by atoms with E-state index < -0.39 is 29.3 Å². The van der Waals surface area contributed by atoms with Crippen molar-refractivity contribution < 1.29 is 37.7 Å². The molecule has 1 aliphatic heterocycles. The Bertz CT molecular complexity index is 1800. The fourth-order valence-corrected chi connectivity index (χ4v) is 5.10. The molecule has 1 fully saturated rings. The van der Waals surface area contributed by atoms with Gasteiger partial charge in [-0.15, -0.1) is 0 Å². The largest absolute Gasteiger partial charge is 0.497 e. The summed E-state index contributed by atoms with van der Waals surface area (Å²) in [5.74, 6) is 3.43. The molecule has 2 aromatic carbocycles. The molecule has 0 bridgehead atoms. The van der Waals surface area contributed by atoms with Crippen molar-refractivity contribution >= 4 is 34.4 Å². The van der Waals surface area contributed by atoms with Gasteiger partial charge in [0.15, 0.2) is 23.1 Å². The molecule has 1 saturated heterocycles. The molecule has 0 saturated carbocycles. The van der Waals surface area contributed by atoms with Crippen LogP contribution in [0.3, 0.4) is 0 Å². The summed E-state index contributed by atoms with van der Waals surface area (Å²) in [7, 11) is 4.05. The molecule has 0 radical (unpaired) electrons. The molecule has 5 rings (SSSR count). The second-order valence-electron chi connectivity index (χ2n) is 10.1. The molecule has 0 spiro atoms. The third kappa shape index (κ3) is 6.23. The maximum absolute atomic E-state index is 15.2. The van der Waals surface area contributed by atoms with E-state index in [0.29, 0.717) is 41.1 Å². The minimum Gasteiger partial charge on any atom is -0.497 e. The number of nitrogens with one attached hydrogen (secondary N) is 2. The van der Waals surface area contributed by atoms with Gasteiger partial charge in [-0.25, -0.2) is 18.6 Å². The number of hydrogen-bond donors (Lipinski definition) is 3. The van der Waals surface area contributed by atoms with Gasteiger partial charge in [-0.1, -0.05) is 18.1 Å². The van der Waals surface area contributed by atoms with Crippen LogP contribution in [0.1, 0.15) is 36.2 Å². The van der Waals surface area contributed by atoms with Crippen LogP contribution in [-0.2, 0) is 11.3 Å². The van der Waals surface area contributed by atoms with Gasteiger partial charge in [-0.05, 0) is 30.0 Å². The average molecular weight is 621 g/mol. The van der Waals surface area contributed by atoms with Crippen LogP contribution in [0.4, 0.5) is 25.1 Å². The number of rotatable bonds is 8. The number of hydrogen-bond acceptors (Lipinski definition) is 8. The van der Waals surface area contributed by atoms with E-state index in [1.54, 1.807) is 11.8 Å². The number of nitrogens with zero attached hydrogens (tertiary/aromatic N) is 4. The summed E-state index contributed by atoms with van der Waals surface area (Å²) in [5.41, 5.74) is 1.13. The maximum Gasteiger partial charge on any atom is 0.407 e. The lowest BCUT2D eigenvalue weighted by Gasteiger charge is -2.16. The monoisotopic (exact) mass is 620 g/mol. The van der Waals surface area contributed by atoms with Crippen LogP contribution in [0.15, 0.2) is 36.5 Å². The molecule has 2 amide bonds. The topological polar surface area (TPSA) is 140 Å². The van der Waals surface area contributed by atoms with E-state index in [1.165, 1.54) is 32.2 Å². The first-order valence-electron chi connectivity index (χ1n) is 13.8. The number of methoxy groups -OCH3 is 3. The molecule has 3 N–H and O–H groups in total. The van der Waals surface area contributed by atoms with E-state index >= 15 is 8.78 Å². The van der Waals surface area contributed by atoms with Gasteiger partial charge in [0.05, 0.1) is 50.2 Å². The van der Waals surface area contributed by atoms with Crippen molar-refractivity contribution in [3.05, 3.63) is 65.0 Å². The Hall–Kier alpha value is -5.58. The Kier molecular flexibility index (Phi) is 8.89. The van der Waals surface area contributed by atoms with Crippen LogP contribution in [0.5, 0.6) is 17.2 Å². The zero-order valence-electron chi connectivity index (χ0n) is 24.9. The number of likely N-dealkylation sites (tertiary alicyclic amines) is 1. The summed E-state index contributed by atoms with van der Waals surface area (Å²) in [6.45, 7) is 2.07. The third-order valence-electron chi connectivity index (χ3n) is 7.31. The molecule has 234 valence electrons. The van der Waals surface area contributed by atoms with Crippen LogP contribution < -0.4 is 24.8 Å². The van der Waals surface area contributed by atoms with Crippen LogP contribution in [0.25, 0.3) is 10.9 Å². The number of aromatic nitrogens is 3. The Morgan fingerprint density at radius 2 is 1.76 bits per heavy atom. The van der Waals surface area contributed by atoms with Crippen LogP contribution in [-0.4, -0.2) is 71.2 Å². The van der Waals surface area contributed by atoms with Crippen LogP contribution >= 0.6 is 0 Å². The van der Waals surface area contributed by atoms with E-state index in [2.05, 4.69) is 27.5 Å². The number of pyridine rings is 1. The van der Waals surface area contributed by atoms with Gasteiger partial charge >= 0.3 is 6.09 Å². The minimum absolute atomic E-state index is 0.0938. The first-order valence-corrected chi connectivity index (χ1v) is 13.8. The van der Waals surface area contributed by atoms with Crippen molar-refractivity contribution in [2.75, 3.05) is 45.1 Å². The lowest BCUT2D eigenvalue weighted by atomic mass is 10.1. The van der Waals surface area contributed by atoms with E-state index in [-0.39, 0.29) is 36.2 Å². The second kappa shape index (κ2) is 13.0. The van der Waals surface area contributed by atoms with Gasteiger partial charge < -0.3 is 34.9 Å².